The summed E-state index contributed by atoms with van der Waals surface area (Å²) in [5.74, 6) is 0. The molecule has 238 valence electrons. The highest BCUT2D eigenvalue weighted by Crippen LogP contribution is 2.38. The van der Waals surface area contributed by atoms with E-state index < -0.39 is 9.85 Å². The molecule has 0 atom stereocenters. The van der Waals surface area contributed by atoms with Crippen molar-refractivity contribution in [2.75, 3.05) is 26.3 Å². The van der Waals surface area contributed by atoms with E-state index >= 15 is 0 Å². The van der Waals surface area contributed by atoms with Gasteiger partial charge in [-0.3, -0.25) is 29.9 Å². The predicted molar refractivity (Wildman–Crippen MR) is 182 cm³/mol. The number of morpholine rings is 1. The van der Waals surface area contributed by atoms with Crippen LogP contribution >= 0.6 is 23.2 Å². The third kappa shape index (κ3) is 6.60. The van der Waals surface area contributed by atoms with Crippen LogP contribution in [0.5, 0.6) is 0 Å². The lowest BCUT2D eigenvalue weighted by molar-refractivity contribution is -0.383. The lowest BCUT2D eigenvalue weighted by Gasteiger charge is -2.26. The highest BCUT2D eigenvalue weighted by Gasteiger charge is 2.24. The van der Waals surface area contributed by atoms with Gasteiger partial charge in [0, 0.05) is 58.1 Å². The summed E-state index contributed by atoms with van der Waals surface area (Å²) >= 11 is 12.1. The summed E-state index contributed by atoms with van der Waals surface area (Å²) in [5.41, 5.74) is 5.27. The van der Waals surface area contributed by atoms with Crippen LogP contribution < -0.4 is 0 Å². The Morgan fingerprint density at radius 1 is 0.745 bits per heavy atom. The number of hydrogen-bond donors (Lipinski definition) is 2. The normalized spacial score (nSPS) is 13.3. The maximum absolute atomic E-state index is 11.5. The zero-order valence-electron chi connectivity index (χ0n) is 24.7. The van der Waals surface area contributed by atoms with Crippen LogP contribution in [0.1, 0.15) is 15.9 Å². The Morgan fingerprint density at radius 3 is 1.77 bits per heavy atom. The number of aldehydes is 1. The van der Waals surface area contributed by atoms with Gasteiger partial charge in [-0.1, -0.05) is 83.9 Å². The fraction of sp³-hybridized carbons (Fsp3) is 0.147. The number of benzene rings is 4. The van der Waals surface area contributed by atoms with Gasteiger partial charge in [0.05, 0.1) is 34.4 Å². The molecule has 7 rings (SSSR count). The summed E-state index contributed by atoms with van der Waals surface area (Å²) in [6.07, 6.45) is 0.682. The number of ether oxygens (including phenoxy) is 1. The smallest absolute Gasteiger partial charge is 0.294 e. The molecule has 0 spiro atoms. The number of aromatic amines is 2. The molecule has 2 aromatic heterocycles. The van der Waals surface area contributed by atoms with Crippen LogP contribution in [0.3, 0.4) is 0 Å². The van der Waals surface area contributed by atoms with E-state index in [-0.39, 0.29) is 16.4 Å². The Bertz CT molecular complexity index is 2110. The molecule has 1 aliphatic rings. The fourth-order valence-corrected chi connectivity index (χ4v) is 6.23. The maximum atomic E-state index is 11.5. The van der Waals surface area contributed by atoms with Crippen molar-refractivity contribution in [1.82, 2.24) is 14.9 Å². The Hall–Kier alpha value is -5.07. The topological polar surface area (TPSA) is 147 Å². The standard InChI is InChI=1S/C19H18ClN3O3.C15H9ClN2O3/c20-14-10-15-16(12-22-6-8-26-9-7-22)18(13-4-2-1-3-5-13)21-19(15)17(11-14)23(24)25;16-10-6-11-12(8-19)14(9-4-2-1-3-5-9)17-15(11)13(7-10)18(20)21/h1-5,10-11,21H,6-9,12H2;1-8,17H. The Balaban J connectivity index is 0.000000168. The molecule has 6 aromatic rings. The van der Waals surface area contributed by atoms with Crippen molar-refractivity contribution in [3.8, 4) is 22.5 Å². The van der Waals surface area contributed by atoms with E-state index in [2.05, 4.69) is 14.9 Å². The second kappa shape index (κ2) is 13.7. The van der Waals surface area contributed by atoms with Crippen molar-refractivity contribution in [2.45, 2.75) is 6.54 Å². The van der Waals surface area contributed by atoms with Gasteiger partial charge in [0.25, 0.3) is 11.4 Å². The first-order valence-corrected chi connectivity index (χ1v) is 15.3. The van der Waals surface area contributed by atoms with Gasteiger partial charge in [0.1, 0.15) is 11.0 Å². The van der Waals surface area contributed by atoms with E-state index in [9.17, 15) is 25.0 Å². The predicted octanol–water partition coefficient (Wildman–Crippen LogP) is 8.44. The third-order valence-corrected chi connectivity index (χ3v) is 8.41. The van der Waals surface area contributed by atoms with Gasteiger partial charge in [-0.25, -0.2) is 0 Å². The van der Waals surface area contributed by atoms with Gasteiger partial charge in [-0.15, -0.1) is 0 Å². The summed E-state index contributed by atoms with van der Waals surface area (Å²) in [7, 11) is 0. The number of H-pyrrole nitrogens is 2. The third-order valence-electron chi connectivity index (χ3n) is 7.97. The average Bonchev–Trinajstić information content (AvgIpc) is 3.63. The quantitative estimate of drug-likeness (QED) is 0.0983. The van der Waals surface area contributed by atoms with Gasteiger partial charge >= 0.3 is 0 Å². The number of carbonyl (C=O) groups excluding carboxylic acids is 1. The van der Waals surface area contributed by atoms with E-state index in [1.807, 2.05) is 66.7 Å². The molecule has 0 aliphatic carbocycles. The van der Waals surface area contributed by atoms with Crippen molar-refractivity contribution < 1.29 is 19.4 Å². The first-order valence-electron chi connectivity index (χ1n) is 14.6. The van der Waals surface area contributed by atoms with Crippen LogP contribution in [0.15, 0.2) is 84.9 Å². The van der Waals surface area contributed by atoms with E-state index in [1.54, 1.807) is 6.07 Å². The van der Waals surface area contributed by atoms with Gasteiger partial charge < -0.3 is 14.7 Å². The molecule has 0 saturated carbocycles. The first-order chi connectivity index (χ1) is 22.7. The van der Waals surface area contributed by atoms with Crippen LogP contribution in [-0.2, 0) is 11.3 Å². The number of halogens is 2. The summed E-state index contributed by atoms with van der Waals surface area (Å²) < 4.78 is 5.43. The van der Waals surface area contributed by atoms with Crippen LogP contribution in [-0.4, -0.2) is 57.3 Å². The number of carbonyl (C=O) groups is 1. The van der Waals surface area contributed by atoms with Crippen molar-refractivity contribution in [2.24, 2.45) is 0 Å². The van der Waals surface area contributed by atoms with Crippen molar-refractivity contribution in [1.29, 1.82) is 0 Å². The highest BCUT2D eigenvalue weighted by atomic mass is 35.5. The SMILES string of the molecule is O=Cc1c(-c2ccccc2)[nH]c2c([N+](=O)[O-])cc(Cl)cc12.O=[N+]([O-])c1cc(Cl)cc2c(CN3CCOCC3)c(-c3ccccc3)[nH]c12. The minimum atomic E-state index is -0.520. The molecular formula is C34H27Cl2N5O6. The number of aromatic nitrogens is 2. The zero-order valence-corrected chi connectivity index (χ0v) is 26.3. The van der Waals surface area contributed by atoms with Gasteiger partial charge in [-0.2, -0.15) is 0 Å². The molecule has 1 aliphatic heterocycles. The minimum absolute atomic E-state index is 0.00194. The van der Waals surface area contributed by atoms with Crippen LogP contribution in [0.2, 0.25) is 10.0 Å². The van der Waals surface area contributed by atoms with Crippen LogP contribution in [0, 0.1) is 20.2 Å². The van der Waals surface area contributed by atoms with E-state index in [4.69, 9.17) is 27.9 Å². The Morgan fingerprint density at radius 2 is 1.23 bits per heavy atom. The summed E-state index contributed by atoms with van der Waals surface area (Å²) in [6.45, 7) is 3.76. The van der Waals surface area contributed by atoms with Crippen molar-refractivity contribution >= 4 is 62.7 Å². The molecule has 0 amide bonds. The number of nitrogens with one attached hydrogen (secondary N) is 2. The molecular weight excluding hydrogens is 645 g/mol. The second-order valence-electron chi connectivity index (χ2n) is 10.8. The number of hydrogen-bond acceptors (Lipinski definition) is 7. The van der Waals surface area contributed by atoms with Crippen molar-refractivity contribution in [3.63, 3.8) is 0 Å². The lowest BCUT2D eigenvalue weighted by atomic mass is 10.0. The highest BCUT2D eigenvalue weighted by molar-refractivity contribution is 6.32. The molecule has 0 bridgehead atoms. The van der Waals surface area contributed by atoms with E-state index in [1.165, 1.54) is 12.1 Å². The molecule has 47 heavy (non-hydrogen) atoms. The summed E-state index contributed by atoms with van der Waals surface area (Å²) in [5, 5.41) is 24.5. The second-order valence-corrected chi connectivity index (χ2v) is 11.7. The zero-order chi connectivity index (χ0) is 33.1. The minimum Gasteiger partial charge on any atom is -0.379 e. The van der Waals surface area contributed by atoms with Gasteiger partial charge in [-0.05, 0) is 28.8 Å². The van der Waals surface area contributed by atoms with Gasteiger partial charge in [0.15, 0.2) is 6.29 Å². The molecule has 4 aromatic carbocycles. The molecule has 11 nitrogen and oxygen atoms in total. The lowest BCUT2D eigenvalue weighted by Crippen LogP contribution is -2.35. The number of nitro groups is 2. The van der Waals surface area contributed by atoms with Crippen LogP contribution in [0.4, 0.5) is 11.4 Å². The van der Waals surface area contributed by atoms with Gasteiger partial charge in [0.2, 0.25) is 0 Å². The van der Waals surface area contributed by atoms with Crippen LogP contribution in [0.25, 0.3) is 44.3 Å². The molecule has 13 heteroatoms. The largest absolute Gasteiger partial charge is 0.379 e. The fourth-order valence-electron chi connectivity index (χ4n) is 5.80. The number of nitrogens with zero attached hydrogens (tertiary/aromatic N) is 3. The number of non-ortho nitro benzene ring substituents is 2. The molecule has 1 saturated heterocycles. The number of fused-ring (bicyclic) bond motifs is 2. The molecule has 0 radical (unpaired) electrons. The molecule has 2 N–H and O–H groups in total. The van der Waals surface area contributed by atoms with Crippen molar-refractivity contribution in [3.05, 3.63) is 126 Å². The molecule has 0 unspecified atom stereocenters. The monoisotopic (exact) mass is 671 g/mol. The number of nitro benzene ring substituents is 2. The summed E-state index contributed by atoms with van der Waals surface area (Å²) in [4.78, 5) is 41.8. The Kier molecular flexibility index (Phi) is 9.32. The number of rotatable bonds is 7. The van der Waals surface area contributed by atoms with E-state index in [0.717, 1.165) is 40.9 Å². The summed E-state index contributed by atoms with van der Waals surface area (Å²) in [6, 6.07) is 25.1. The molecule has 1 fully saturated rings. The van der Waals surface area contributed by atoms with E-state index in [0.29, 0.717) is 58.7 Å². The first kappa shape index (κ1) is 31.9. The molecule has 3 heterocycles. The maximum Gasteiger partial charge on any atom is 0.294 e. The average molecular weight is 673 g/mol. The Labute approximate surface area is 278 Å².